The number of nitrogens with zero attached hydrogens (tertiary/aromatic N) is 3. The first-order chi connectivity index (χ1) is 23.8. The average Bonchev–Trinajstić information content (AvgIpc) is 3.59. The first kappa shape index (κ1) is 34.0. The zero-order valence-corrected chi connectivity index (χ0v) is 28.8. The molecule has 252 valence electrons. The molecule has 0 radical (unpaired) electrons. The summed E-state index contributed by atoms with van der Waals surface area (Å²) in [6.45, 7) is 0.448. The third-order valence-electron chi connectivity index (χ3n) is 8.02. The molecule has 0 fully saturated rings. The molecule has 49 heavy (non-hydrogen) atoms. The summed E-state index contributed by atoms with van der Waals surface area (Å²) in [6, 6.07) is 20.8. The molecule has 0 amide bonds. The van der Waals surface area contributed by atoms with E-state index in [2.05, 4.69) is 36.2 Å². The van der Waals surface area contributed by atoms with Gasteiger partial charge in [0.1, 0.15) is 46.5 Å². The van der Waals surface area contributed by atoms with E-state index >= 15 is 0 Å². The second-order valence-electron chi connectivity index (χ2n) is 11.2. The number of pyridine rings is 1. The van der Waals surface area contributed by atoms with Crippen LogP contribution < -0.4 is 14.8 Å². The number of methoxy groups -OCH3 is 1. The van der Waals surface area contributed by atoms with Crippen molar-refractivity contribution < 1.29 is 31.8 Å². The molecular formula is C36H32BrFN4O6S. The van der Waals surface area contributed by atoms with Crippen LogP contribution in [0.4, 0.5) is 15.9 Å². The molecule has 10 nitrogen and oxygen atoms in total. The number of benzene rings is 3. The second-order valence-corrected chi connectivity index (χ2v) is 13.0. The van der Waals surface area contributed by atoms with Gasteiger partial charge in [0.05, 0.1) is 35.7 Å². The Bertz CT molecular complexity index is 2120. The molecule has 1 atom stereocenters. The van der Waals surface area contributed by atoms with E-state index in [1.165, 1.54) is 18.5 Å². The van der Waals surface area contributed by atoms with Gasteiger partial charge in [0.15, 0.2) is 0 Å². The fourth-order valence-electron chi connectivity index (χ4n) is 5.62. The summed E-state index contributed by atoms with van der Waals surface area (Å²) < 4.78 is 61.7. The minimum atomic E-state index is -2.46. The second kappa shape index (κ2) is 15.6. The molecule has 3 aromatic carbocycles. The number of hydrogen-bond acceptors (Lipinski definition) is 10. The van der Waals surface area contributed by atoms with E-state index in [9.17, 15) is 12.8 Å². The number of ether oxygens (including phenoxy) is 4. The molecule has 1 aliphatic heterocycles. The molecule has 0 saturated heterocycles. The number of nitrogens with one attached hydrogen (secondary N) is 1. The van der Waals surface area contributed by atoms with Gasteiger partial charge in [0.25, 0.3) is 0 Å². The highest BCUT2D eigenvalue weighted by atomic mass is 79.9. The molecule has 0 aliphatic carbocycles. The number of anilines is 2. The summed E-state index contributed by atoms with van der Waals surface area (Å²) in [5.41, 5.74) is 2.61. The molecule has 1 unspecified atom stereocenters. The lowest BCUT2D eigenvalue weighted by Crippen LogP contribution is -2.26. The molecule has 5 aromatic rings. The van der Waals surface area contributed by atoms with Crippen molar-refractivity contribution in [1.82, 2.24) is 15.0 Å². The van der Waals surface area contributed by atoms with E-state index in [1.54, 1.807) is 49.9 Å². The van der Waals surface area contributed by atoms with E-state index in [-0.39, 0.29) is 23.9 Å². The molecule has 13 heteroatoms. The Balaban J connectivity index is 1.19. The summed E-state index contributed by atoms with van der Waals surface area (Å²) in [4.78, 5) is 13.3. The van der Waals surface area contributed by atoms with Crippen LogP contribution in [0.15, 0.2) is 102 Å². The standard InChI is InChI=1S/C36H32BrFN4O6S/c1-45-33-20-31-27(35(41-23-40-31)42-26-10-11-32(29(37)18-26)47-21-24-7-4-8-25(38)17-24)19-28(33)36(13-6-16-48-36)12-5-15-46-22-34(49(43)44)30-9-2-3-14-39-30/h2-4,6-11,14,16-20,23H,5,12-13,15,21-22H2,1H3,(H,40,41,42). The third-order valence-corrected chi connectivity index (χ3v) is 9.37. The summed E-state index contributed by atoms with van der Waals surface area (Å²) >= 11 is 3.59. The average molecular weight is 748 g/mol. The number of hydrogen-bond donors (Lipinski definition) is 1. The Morgan fingerprint density at radius 1 is 1.04 bits per heavy atom. The topological polar surface area (TPSA) is 122 Å². The Hall–Kier alpha value is -4.85. The van der Waals surface area contributed by atoms with Gasteiger partial charge in [0.2, 0.25) is 10.3 Å². The van der Waals surface area contributed by atoms with Crippen molar-refractivity contribution in [2.75, 3.05) is 25.6 Å². The van der Waals surface area contributed by atoms with Crippen LogP contribution in [-0.4, -0.2) is 48.6 Å². The molecular weight excluding hydrogens is 715 g/mol. The normalized spacial score (nSPS) is 15.2. The quantitative estimate of drug-likeness (QED) is 0.0705. The lowest BCUT2D eigenvalue weighted by Gasteiger charge is -2.31. The Labute approximate surface area is 292 Å². The van der Waals surface area contributed by atoms with Gasteiger partial charge in [-0.1, -0.05) is 18.2 Å². The minimum absolute atomic E-state index is 0.0822. The van der Waals surface area contributed by atoms with Crippen molar-refractivity contribution in [3.63, 3.8) is 0 Å². The monoisotopic (exact) mass is 746 g/mol. The molecule has 1 N–H and O–H groups in total. The highest BCUT2D eigenvalue weighted by Gasteiger charge is 2.38. The molecule has 0 bridgehead atoms. The molecule has 1 aliphatic rings. The van der Waals surface area contributed by atoms with Crippen molar-refractivity contribution in [1.29, 1.82) is 0 Å². The molecule has 6 rings (SSSR count). The zero-order valence-electron chi connectivity index (χ0n) is 26.4. The minimum Gasteiger partial charge on any atom is -0.496 e. The zero-order chi connectivity index (χ0) is 34.2. The largest absolute Gasteiger partial charge is 0.496 e. The SMILES string of the molecule is COc1cc2ncnc(Nc3ccc(OCc4cccc(F)c4)c(Br)c3)c2cc1C1(CCCOCC(c2ccccn2)=S(=O)=O)CC=CO1. The first-order valence-corrected chi connectivity index (χ1v) is 17.3. The lowest BCUT2D eigenvalue weighted by atomic mass is 9.85. The van der Waals surface area contributed by atoms with Gasteiger partial charge in [-0.3, -0.25) is 4.98 Å². The van der Waals surface area contributed by atoms with Crippen molar-refractivity contribution in [2.45, 2.75) is 31.5 Å². The Morgan fingerprint density at radius 2 is 1.94 bits per heavy atom. The van der Waals surface area contributed by atoms with Gasteiger partial charge >= 0.3 is 0 Å². The predicted molar refractivity (Wildman–Crippen MR) is 188 cm³/mol. The van der Waals surface area contributed by atoms with Crippen LogP contribution in [0.2, 0.25) is 0 Å². The maximum absolute atomic E-state index is 13.6. The number of rotatable bonds is 14. The molecule has 3 heterocycles. The van der Waals surface area contributed by atoms with Crippen molar-refractivity contribution in [3.05, 3.63) is 125 Å². The van der Waals surface area contributed by atoms with E-state index < -0.39 is 15.9 Å². The smallest absolute Gasteiger partial charge is 0.221 e. The lowest BCUT2D eigenvalue weighted by molar-refractivity contribution is 0.0204. The summed E-state index contributed by atoms with van der Waals surface area (Å²) in [6.07, 6.45) is 8.44. The van der Waals surface area contributed by atoms with Gasteiger partial charge in [-0.2, -0.15) is 8.42 Å². The van der Waals surface area contributed by atoms with Crippen LogP contribution in [0.25, 0.3) is 10.9 Å². The number of halogens is 2. The van der Waals surface area contributed by atoms with Gasteiger partial charge in [-0.25, -0.2) is 14.4 Å². The van der Waals surface area contributed by atoms with Gasteiger partial charge in [-0.05, 0) is 88.9 Å². The van der Waals surface area contributed by atoms with E-state index in [4.69, 9.17) is 18.9 Å². The third kappa shape index (κ3) is 8.07. The van der Waals surface area contributed by atoms with Crippen LogP contribution in [-0.2, 0) is 32.0 Å². The van der Waals surface area contributed by atoms with Crippen molar-refractivity contribution in [2.24, 2.45) is 0 Å². The Morgan fingerprint density at radius 3 is 2.67 bits per heavy atom. The van der Waals surface area contributed by atoms with Crippen LogP contribution in [0.1, 0.15) is 36.1 Å². The van der Waals surface area contributed by atoms with Crippen molar-refractivity contribution >= 4 is 53.5 Å². The number of fused-ring (bicyclic) bond motifs is 1. The van der Waals surface area contributed by atoms with Gasteiger partial charge in [0, 0.05) is 41.9 Å². The van der Waals surface area contributed by atoms with Crippen molar-refractivity contribution in [3.8, 4) is 11.5 Å². The van der Waals surface area contributed by atoms with Crippen LogP contribution in [0, 0.1) is 5.82 Å². The summed E-state index contributed by atoms with van der Waals surface area (Å²) in [7, 11) is -0.848. The van der Waals surface area contributed by atoms with Gasteiger partial charge in [-0.15, -0.1) is 0 Å². The summed E-state index contributed by atoms with van der Waals surface area (Å²) in [5.74, 6) is 1.51. The molecule has 0 saturated carbocycles. The van der Waals surface area contributed by atoms with Crippen LogP contribution in [0.3, 0.4) is 0 Å². The number of aromatic nitrogens is 3. The molecule has 0 spiro atoms. The van der Waals surface area contributed by atoms with E-state index in [1.807, 2.05) is 36.4 Å². The maximum atomic E-state index is 13.6. The Kier molecular flexibility index (Phi) is 10.8. The fourth-order valence-corrected chi connectivity index (χ4v) is 6.59. The highest BCUT2D eigenvalue weighted by Crippen LogP contribution is 2.45. The van der Waals surface area contributed by atoms with E-state index in [0.717, 1.165) is 22.2 Å². The van der Waals surface area contributed by atoms with Crippen LogP contribution >= 0.6 is 15.9 Å². The van der Waals surface area contributed by atoms with Gasteiger partial charge < -0.3 is 24.3 Å². The fraction of sp³-hybridized carbons (Fsp3) is 0.222. The first-order valence-electron chi connectivity index (χ1n) is 15.4. The predicted octanol–water partition coefficient (Wildman–Crippen LogP) is 7.28. The van der Waals surface area contributed by atoms with E-state index in [0.29, 0.717) is 58.9 Å². The highest BCUT2D eigenvalue weighted by molar-refractivity contribution is 9.10. The van der Waals surface area contributed by atoms with Crippen LogP contribution in [0.5, 0.6) is 11.5 Å². The maximum Gasteiger partial charge on any atom is 0.221 e. The summed E-state index contributed by atoms with van der Waals surface area (Å²) in [5, 5.41) is 4.16. The molecule has 2 aromatic heterocycles.